The van der Waals surface area contributed by atoms with E-state index in [1.54, 1.807) is 12.1 Å². The van der Waals surface area contributed by atoms with E-state index < -0.39 is 0 Å². The second kappa shape index (κ2) is 4.70. The van der Waals surface area contributed by atoms with Gasteiger partial charge in [-0.25, -0.2) is 0 Å². The van der Waals surface area contributed by atoms with Crippen LogP contribution in [0.2, 0.25) is 0 Å². The molecule has 0 aromatic heterocycles. The highest BCUT2D eigenvalue weighted by Gasteiger charge is 1.82. The van der Waals surface area contributed by atoms with Crippen molar-refractivity contribution in [1.29, 1.82) is 0 Å². The molecule has 0 bridgehead atoms. The molecule has 0 aliphatic rings. The van der Waals surface area contributed by atoms with Gasteiger partial charge in [-0.15, -0.1) is 5.98 Å². The van der Waals surface area contributed by atoms with Crippen LogP contribution in [0.4, 0.5) is 0 Å². The minimum absolute atomic E-state index is 1.04. The van der Waals surface area contributed by atoms with Crippen molar-refractivity contribution in [2.24, 2.45) is 0 Å². The standard InChI is InChI=1S/C7H11B/c1-3-5-7(4-2)6-8/h4,6H,2-3,5H2,1H3/b7-6+. The average molecular weight is 106 g/mol. The first-order valence-electron chi connectivity index (χ1n) is 2.88. The quantitative estimate of drug-likeness (QED) is 0.381. The van der Waals surface area contributed by atoms with E-state index >= 15 is 0 Å². The molecular formula is C7H11B. The number of hydrogen-bond donors (Lipinski definition) is 0. The second-order valence-corrected chi connectivity index (χ2v) is 1.70. The van der Waals surface area contributed by atoms with Gasteiger partial charge in [0.15, 0.2) is 0 Å². The van der Waals surface area contributed by atoms with Crippen LogP contribution in [0.3, 0.4) is 0 Å². The second-order valence-electron chi connectivity index (χ2n) is 1.70. The summed E-state index contributed by atoms with van der Waals surface area (Å²) in [6, 6.07) is 0. The van der Waals surface area contributed by atoms with Crippen LogP contribution in [0, 0.1) is 0 Å². The first kappa shape index (κ1) is 7.54. The van der Waals surface area contributed by atoms with Gasteiger partial charge in [0.1, 0.15) is 7.85 Å². The molecule has 0 spiro atoms. The molecule has 0 aliphatic carbocycles. The third kappa shape index (κ3) is 2.67. The molecule has 0 atom stereocenters. The van der Waals surface area contributed by atoms with Gasteiger partial charge in [0.2, 0.25) is 0 Å². The zero-order valence-corrected chi connectivity index (χ0v) is 5.35. The van der Waals surface area contributed by atoms with Crippen molar-refractivity contribution in [1.82, 2.24) is 0 Å². The SMILES string of the molecule is [B]/C=C(\C=C)CCC. The van der Waals surface area contributed by atoms with Crippen molar-refractivity contribution in [3.05, 3.63) is 24.2 Å². The van der Waals surface area contributed by atoms with Gasteiger partial charge < -0.3 is 0 Å². The van der Waals surface area contributed by atoms with Gasteiger partial charge in [0.05, 0.1) is 0 Å². The molecule has 0 aliphatic heterocycles. The van der Waals surface area contributed by atoms with Crippen LogP contribution in [-0.2, 0) is 0 Å². The Hall–Kier alpha value is -0.455. The van der Waals surface area contributed by atoms with E-state index in [1.165, 1.54) is 0 Å². The number of allylic oxidation sites excluding steroid dienone is 2. The Morgan fingerprint density at radius 2 is 2.38 bits per heavy atom. The summed E-state index contributed by atoms with van der Waals surface area (Å²) in [4.78, 5) is 0. The summed E-state index contributed by atoms with van der Waals surface area (Å²) < 4.78 is 0. The maximum absolute atomic E-state index is 5.24. The smallest absolute Gasteiger partial charge is 0.103 e. The third-order valence-corrected chi connectivity index (χ3v) is 1.01. The molecule has 1 heteroatoms. The first-order chi connectivity index (χ1) is 3.85. The Labute approximate surface area is 52.7 Å². The summed E-state index contributed by atoms with van der Waals surface area (Å²) in [5.41, 5.74) is 1.13. The van der Waals surface area contributed by atoms with Crippen LogP contribution >= 0.6 is 0 Å². The summed E-state index contributed by atoms with van der Waals surface area (Å²) >= 11 is 0. The predicted octanol–water partition coefficient (Wildman–Crippen LogP) is 2.02. The highest BCUT2D eigenvalue weighted by molar-refractivity contribution is 6.17. The Balaban J connectivity index is 3.54. The van der Waals surface area contributed by atoms with Crippen LogP contribution in [0.1, 0.15) is 19.8 Å². The van der Waals surface area contributed by atoms with Gasteiger partial charge in [0, 0.05) is 0 Å². The van der Waals surface area contributed by atoms with E-state index in [4.69, 9.17) is 7.85 Å². The van der Waals surface area contributed by atoms with Gasteiger partial charge in [-0.2, -0.15) is 0 Å². The van der Waals surface area contributed by atoms with Gasteiger partial charge in [-0.3, -0.25) is 0 Å². The highest BCUT2D eigenvalue weighted by Crippen LogP contribution is 2.02. The van der Waals surface area contributed by atoms with E-state index in [0.29, 0.717) is 0 Å². The fourth-order valence-corrected chi connectivity index (χ4v) is 0.542. The lowest BCUT2D eigenvalue weighted by Gasteiger charge is -1.93. The van der Waals surface area contributed by atoms with E-state index in [1.807, 2.05) is 0 Å². The Kier molecular flexibility index (Phi) is 4.43. The Morgan fingerprint density at radius 3 is 2.50 bits per heavy atom. The van der Waals surface area contributed by atoms with Crippen LogP contribution in [0.15, 0.2) is 24.2 Å². The van der Waals surface area contributed by atoms with Gasteiger partial charge in [-0.1, -0.05) is 31.6 Å². The molecule has 42 valence electrons. The van der Waals surface area contributed by atoms with Crippen LogP contribution < -0.4 is 0 Å². The van der Waals surface area contributed by atoms with Crippen molar-refractivity contribution >= 4 is 7.85 Å². The minimum Gasteiger partial charge on any atom is -0.128 e. The molecule has 0 fully saturated rings. The lowest BCUT2D eigenvalue weighted by molar-refractivity contribution is 0.929. The first-order valence-corrected chi connectivity index (χ1v) is 2.88. The van der Waals surface area contributed by atoms with E-state index in [9.17, 15) is 0 Å². The molecule has 0 saturated carbocycles. The van der Waals surface area contributed by atoms with Gasteiger partial charge in [0.25, 0.3) is 0 Å². The molecule has 0 heterocycles. The van der Waals surface area contributed by atoms with Crippen molar-refractivity contribution in [3.8, 4) is 0 Å². The van der Waals surface area contributed by atoms with Crippen LogP contribution in [-0.4, -0.2) is 7.85 Å². The molecule has 0 rings (SSSR count). The zero-order chi connectivity index (χ0) is 6.41. The summed E-state index contributed by atoms with van der Waals surface area (Å²) in [5.74, 6) is 1.61. The average Bonchev–Trinajstić information content (AvgIpc) is 1.83. The Morgan fingerprint density at radius 1 is 1.75 bits per heavy atom. The van der Waals surface area contributed by atoms with Gasteiger partial charge >= 0.3 is 0 Å². The Bertz CT molecular complexity index is 92.6. The molecule has 0 aromatic carbocycles. The highest BCUT2D eigenvalue weighted by atomic mass is 13.9. The minimum atomic E-state index is 1.04. The molecular weight excluding hydrogens is 94.9 g/mol. The monoisotopic (exact) mass is 106 g/mol. The van der Waals surface area contributed by atoms with Crippen molar-refractivity contribution in [3.63, 3.8) is 0 Å². The summed E-state index contributed by atoms with van der Waals surface area (Å²) in [6.45, 7) is 5.72. The molecule has 0 unspecified atom stereocenters. The molecule has 0 saturated heterocycles. The lowest BCUT2D eigenvalue weighted by Crippen LogP contribution is -1.75. The largest absolute Gasteiger partial charge is 0.128 e. The summed E-state index contributed by atoms with van der Waals surface area (Å²) in [7, 11) is 5.24. The maximum atomic E-state index is 5.24. The number of rotatable bonds is 3. The summed E-state index contributed by atoms with van der Waals surface area (Å²) in [5, 5.41) is 0. The van der Waals surface area contributed by atoms with Crippen molar-refractivity contribution < 1.29 is 0 Å². The van der Waals surface area contributed by atoms with E-state index in [0.717, 1.165) is 18.4 Å². The van der Waals surface area contributed by atoms with E-state index in [2.05, 4.69) is 13.5 Å². The molecule has 2 radical (unpaired) electrons. The summed E-state index contributed by atoms with van der Waals surface area (Å²) in [6.07, 6.45) is 3.97. The molecule has 0 nitrogen and oxygen atoms in total. The van der Waals surface area contributed by atoms with Crippen LogP contribution in [0.25, 0.3) is 0 Å². The molecule has 0 N–H and O–H groups in total. The van der Waals surface area contributed by atoms with E-state index in [-0.39, 0.29) is 0 Å². The molecule has 0 amide bonds. The van der Waals surface area contributed by atoms with Crippen molar-refractivity contribution in [2.45, 2.75) is 19.8 Å². The fraction of sp³-hybridized carbons (Fsp3) is 0.429. The van der Waals surface area contributed by atoms with Crippen molar-refractivity contribution in [2.75, 3.05) is 0 Å². The van der Waals surface area contributed by atoms with Crippen LogP contribution in [0.5, 0.6) is 0 Å². The third-order valence-electron chi connectivity index (χ3n) is 1.01. The topological polar surface area (TPSA) is 0 Å². The normalized spacial score (nSPS) is 11.4. The maximum Gasteiger partial charge on any atom is 0.103 e. The molecule has 0 aromatic rings. The molecule has 8 heavy (non-hydrogen) atoms. The predicted molar refractivity (Wildman–Crippen MR) is 38.9 cm³/mol. The fourth-order valence-electron chi connectivity index (χ4n) is 0.542. The number of hydrogen-bond acceptors (Lipinski definition) is 0. The zero-order valence-electron chi connectivity index (χ0n) is 5.35. The van der Waals surface area contributed by atoms with Gasteiger partial charge in [-0.05, 0) is 6.42 Å². The lowest BCUT2D eigenvalue weighted by atomic mass is 10.0.